The topological polar surface area (TPSA) is 72.1 Å². The molecule has 1 saturated carbocycles. The molecule has 1 atom stereocenters. The zero-order valence-electron chi connectivity index (χ0n) is 15.7. The number of hydrogen-bond donors (Lipinski definition) is 2. The Bertz CT molecular complexity index is 642. The summed E-state index contributed by atoms with van der Waals surface area (Å²) in [6.07, 6.45) is 5.87. The minimum atomic E-state index is -0.0686. The minimum absolute atomic E-state index is 0.0686. The van der Waals surface area contributed by atoms with Crippen molar-refractivity contribution in [3.8, 4) is 11.5 Å². The lowest BCUT2D eigenvalue weighted by Crippen LogP contribution is -2.47. The number of nitrogens with one attached hydrogen (secondary N) is 2. The van der Waals surface area contributed by atoms with E-state index in [1.165, 1.54) is 19.3 Å². The highest BCUT2D eigenvalue weighted by Gasteiger charge is 2.26. The third-order valence-corrected chi connectivity index (χ3v) is 5.66. The SMILES string of the molecule is O=C(NCC(c1ccc2c(c1)OCO2)N1CCOCC1)NC1CCCCC1. The Hall–Kier alpha value is -1.99. The molecule has 148 valence electrons. The number of amides is 2. The molecule has 3 aliphatic rings. The van der Waals surface area contributed by atoms with Crippen LogP contribution in [-0.2, 0) is 4.74 Å². The minimum Gasteiger partial charge on any atom is -0.454 e. The molecule has 0 aromatic heterocycles. The number of ether oxygens (including phenoxy) is 3. The van der Waals surface area contributed by atoms with E-state index in [-0.39, 0.29) is 18.9 Å². The summed E-state index contributed by atoms with van der Waals surface area (Å²) < 4.78 is 16.5. The molecule has 7 nitrogen and oxygen atoms in total. The fourth-order valence-corrected chi connectivity index (χ4v) is 4.14. The van der Waals surface area contributed by atoms with Crippen molar-refractivity contribution in [2.24, 2.45) is 0 Å². The second-order valence-electron chi connectivity index (χ2n) is 7.47. The van der Waals surface area contributed by atoms with Crippen LogP contribution in [0.15, 0.2) is 18.2 Å². The number of carbonyl (C=O) groups is 1. The van der Waals surface area contributed by atoms with Crippen LogP contribution in [0.3, 0.4) is 0 Å². The Morgan fingerprint density at radius 2 is 1.89 bits per heavy atom. The van der Waals surface area contributed by atoms with Gasteiger partial charge in [0.1, 0.15) is 0 Å². The van der Waals surface area contributed by atoms with Gasteiger partial charge in [-0.05, 0) is 30.5 Å². The van der Waals surface area contributed by atoms with E-state index in [2.05, 4.69) is 21.6 Å². The number of carbonyl (C=O) groups excluding carboxylic acids is 1. The highest BCUT2D eigenvalue weighted by atomic mass is 16.7. The van der Waals surface area contributed by atoms with Gasteiger partial charge in [-0.2, -0.15) is 0 Å². The van der Waals surface area contributed by atoms with E-state index >= 15 is 0 Å². The van der Waals surface area contributed by atoms with Crippen molar-refractivity contribution in [1.29, 1.82) is 0 Å². The van der Waals surface area contributed by atoms with Crippen LogP contribution in [0.4, 0.5) is 4.79 Å². The zero-order chi connectivity index (χ0) is 18.5. The van der Waals surface area contributed by atoms with Crippen LogP contribution in [0, 0.1) is 0 Å². The average Bonchev–Trinajstić information content (AvgIpc) is 3.18. The lowest BCUT2D eigenvalue weighted by molar-refractivity contribution is 0.0166. The molecule has 2 fully saturated rings. The number of morpholine rings is 1. The van der Waals surface area contributed by atoms with Gasteiger partial charge in [-0.3, -0.25) is 4.90 Å². The zero-order valence-corrected chi connectivity index (χ0v) is 15.7. The quantitative estimate of drug-likeness (QED) is 0.827. The van der Waals surface area contributed by atoms with Gasteiger partial charge in [0.2, 0.25) is 6.79 Å². The largest absolute Gasteiger partial charge is 0.454 e. The molecule has 0 spiro atoms. The Kier molecular flexibility index (Phi) is 5.99. The first-order valence-corrected chi connectivity index (χ1v) is 10.1. The molecule has 1 aromatic carbocycles. The Labute approximate surface area is 160 Å². The predicted molar refractivity (Wildman–Crippen MR) is 101 cm³/mol. The summed E-state index contributed by atoms with van der Waals surface area (Å²) >= 11 is 0. The van der Waals surface area contributed by atoms with Gasteiger partial charge in [-0.25, -0.2) is 4.79 Å². The molecule has 4 rings (SSSR count). The normalized spacial score (nSPS) is 21.6. The van der Waals surface area contributed by atoms with Gasteiger partial charge in [0.15, 0.2) is 11.5 Å². The van der Waals surface area contributed by atoms with Crippen LogP contribution >= 0.6 is 0 Å². The van der Waals surface area contributed by atoms with Crippen LogP contribution in [0.1, 0.15) is 43.7 Å². The molecule has 2 amide bonds. The number of hydrogen-bond acceptors (Lipinski definition) is 5. The van der Waals surface area contributed by atoms with Gasteiger partial charge >= 0.3 is 6.03 Å². The predicted octanol–water partition coefficient (Wildman–Crippen LogP) is 2.42. The molecular weight excluding hydrogens is 346 g/mol. The van der Waals surface area contributed by atoms with Gasteiger partial charge in [0.05, 0.1) is 19.3 Å². The van der Waals surface area contributed by atoms with Gasteiger partial charge in [-0.15, -0.1) is 0 Å². The smallest absolute Gasteiger partial charge is 0.315 e. The number of rotatable bonds is 5. The fourth-order valence-electron chi connectivity index (χ4n) is 4.14. The second-order valence-corrected chi connectivity index (χ2v) is 7.47. The molecule has 1 aliphatic carbocycles. The number of urea groups is 1. The second kappa shape index (κ2) is 8.80. The van der Waals surface area contributed by atoms with Crippen molar-refractivity contribution >= 4 is 6.03 Å². The third kappa shape index (κ3) is 4.65. The molecular formula is C20H29N3O4. The van der Waals surface area contributed by atoms with Crippen LogP contribution in [0.5, 0.6) is 11.5 Å². The summed E-state index contributed by atoms with van der Waals surface area (Å²) in [7, 11) is 0. The molecule has 0 radical (unpaired) electrons. The maximum atomic E-state index is 12.4. The van der Waals surface area contributed by atoms with E-state index in [1.54, 1.807) is 0 Å². The van der Waals surface area contributed by atoms with Crippen molar-refractivity contribution in [2.45, 2.75) is 44.2 Å². The molecule has 7 heteroatoms. The molecule has 27 heavy (non-hydrogen) atoms. The molecule has 2 heterocycles. The monoisotopic (exact) mass is 375 g/mol. The first-order chi connectivity index (χ1) is 13.3. The van der Waals surface area contributed by atoms with E-state index in [9.17, 15) is 4.79 Å². The molecule has 0 bridgehead atoms. The summed E-state index contributed by atoms with van der Waals surface area (Å²) in [6, 6.07) is 6.37. The van der Waals surface area contributed by atoms with E-state index in [1.807, 2.05) is 12.1 Å². The number of benzene rings is 1. The lowest BCUT2D eigenvalue weighted by Gasteiger charge is -2.35. The van der Waals surface area contributed by atoms with Gasteiger partial charge < -0.3 is 24.8 Å². The Balaban J connectivity index is 1.41. The maximum Gasteiger partial charge on any atom is 0.315 e. The average molecular weight is 375 g/mol. The lowest BCUT2D eigenvalue weighted by atomic mass is 9.96. The van der Waals surface area contributed by atoms with Crippen molar-refractivity contribution < 1.29 is 19.0 Å². The van der Waals surface area contributed by atoms with Crippen LogP contribution in [0.2, 0.25) is 0 Å². The highest BCUT2D eigenvalue weighted by Crippen LogP contribution is 2.35. The maximum absolute atomic E-state index is 12.4. The first kappa shape index (κ1) is 18.4. The van der Waals surface area contributed by atoms with Crippen LogP contribution in [0.25, 0.3) is 0 Å². The molecule has 2 aliphatic heterocycles. The van der Waals surface area contributed by atoms with E-state index in [0.29, 0.717) is 12.6 Å². The Morgan fingerprint density at radius 1 is 1.11 bits per heavy atom. The van der Waals surface area contributed by atoms with Crippen LogP contribution < -0.4 is 20.1 Å². The highest BCUT2D eigenvalue weighted by molar-refractivity contribution is 5.74. The molecule has 1 saturated heterocycles. The van der Waals surface area contributed by atoms with Crippen LogP contribution in [-0.4, -0.2) is 56.6 Å². The summed E-state index contributed by atoms with van der Waals surface area (Å²) in [6.45, 7) is 3.96. The first-order valence-electron chi connectivity index (χ1n) is 10.1. The standard InChI is InChI=1S/C20H29N3O4/c24-20(22-16-4-2-1-3-5-16)21-13-17(23-8-10-25-11-9-23)15-6-7-18-19(12-15)27-14-26-18/h6-7,12,16-17H,1-5,8-11,13-14H2,(H2,21,22,24). The van der Waals surface area contributed by atoms with Gasteiger partial charge in [0.25, 0.3) is 0 Å². The van der Waals surface area contributed by atoms with Gasteiger partial charge in [-0.1, -0.05) is 25.3 Å². The van der Waals surface area contributed by atoms with E-state index in [0.717, 1.165) is 56.2 Å². The van der Waals surface area contributed by atoms with E-state index < -0.39 is 0 Å². The van der Waals surface area contributed by atoms with Crippen molar-refractivity contribution in [2.75, 3.05) is 39.6 Å². The van der Waals surface area contributed by atoms with Crippen molar-refractivity contribution in [3.63, 3.8) is 0 Å². The summed E-state index contributed by atoms with van der Waals surface area (Å²) in [5.41, 5.74) is 1.12. The number of fused-ring (bicyclic) bond motifs is 1. The Morgan fingerprint density at radius 3 is 2.70 bits per heavy atom. The summed E-state index contributed by atoms with van der Waals surface area (Å²) in [5, 5.41) is 6.22. The fraction of sp³-hybridized carbons (Fsp3) is 0.650. The van der Waals surface area contributed by atoms with E-state index in [4.69, 9.17) is 14.2 Å². The third-order valence-electron chi connectivity index (χ3n) is 5.66. The van der Waals surface area contributed by atoms with Crippen molar-refractivity contribution in [1.82, 2.24) is 15.5 Å². The van der Waals surface area contributed by atoms with Crippen molar-refractivity contribution in [3.05, 3.63) is 23.8 Å². The number of nitrogens with zero attached hydrogens (tertiary/aromatic N) is 1. The van der Waals surface area contributed by atoms with Gasteiger partial charge in [0, 0.05) is 25.7 Å². The molecule has 2 N–H and O–H groups in total. The molecule has 1 unspecified atom stereocenters. The molecule has 1 aromatic rings. The summed E-state index contributed by atoms with van der Waals surface area (Å²) in [4.78, 5) is 14.8. The summed E-state index contributed by atoms with van der Waals surface area (Å²) in [5.74, 6) is 1.56.